The molecule has 9 nitrogen and oxygen atoms in total. The molecule has 1 aromatic heterocycles. The van der Waals surface area contributed by atoms with E-state index in [2.05, 4.69) is 46.6 Å². The number of pyridine rings is 1. The van der Waals surface area contributed by atoms with Gasteiger partial charge in [-0.25, -0.2) is 9.78 Å². The van der Waals surface area contributed by atoms with Crippen LogP contribution in [0, 0.1) is 5.41 Å². The smallest absolute Gasteiger partial charge is 0.342 e. The molecule has 0 saturated carbocycles. The summed E-state index contributed by atoms with van der Waals surface area (Å²) < 4.78 is 17.0. The summed E-state index contributed by atoms with van der Waals surface area (Å²) in [5, 5.41) is 19.6. The zero-order valence-corrected chi connectivity index (χ0v) is 23.0. The summed E-state index contributed by atoms with van der Waals surface area (Å²) in [6.45, 7) is 14.0. The summed E-state index contributed by atoms with van der Waals surface area (Å²) >= 11 is 0. The predicted molar refractivity (Wildman–Crippen MR) is 155 cm³/mol. The molecule has 1 atom stereocenters. The van der Waals surface area contributed by atoms with E-state index in [0.717, 1.165) is 50.3 Å². The Labute approximate surface area is 235 Å². The molecule has 210 valence electrons. The van der Waals surface area contributed by atoms with Gasteiger partial charge in [0.15, 0.2) is 0 Å². The Morgan fingerprint density at radius 3 is 2.80 bits per heavy atom. The Kier molecular flexibility index (Phi) is 9.52. The van der Waals surface area contributed by atoms with Crippen LogP contribution in [0.15, 0.2) is 78.4 Å². The van der Waals surface area contributed by atoms with E-state index in [1.165, 1.54) is 18.2 Å². The molecule has 1 unspecified atom stereocenters. The van der Waals surface area contributed by atoms with Gasteiger partial charge in [0.2, 0.25) is 5.88 Å². The van der Waals surface area contributed by atoms with Crippen LogP contribution in [-0.2, 0) is 38.6 Å². The number of nitrogens with zero attached hydrogens (tertiary/aromatic N) is 2. The molecule has 2 aromatic rings. The van der Waals surface area contributed by atoms with Crippen molar-refractivity contribution in [2.24, 2.45) is 0 Å². The predicted octanol–water partition coefficient (Wildman–Crippen LogP) is 4.92. The number of nitrogens with one attached hydrogen (secondary N) is 2. The van der Waals surface area contributed by atoms with E-state index >= 15 is 0 Å². The van der Waals surface area contributed by atoms with Crippen molar-refractivity contribution in [2.75, 3.05) is 32.2 Å². The van der Waals surface area contributed by atoms with E-state index in [1.807, 2.05) is 6.92 Å². The molecule has 0 aliphatic carbocycles. The van der Waals surface area contributed by atoms with Gasteiger partial charge in [0.1, 0.15) is 23.8 Å². The van der Waals surface area contributed by atoms with Gasteiger partial charge in [0.25, 0.3) is 0 Å². The molecule has 3 heterocycles. The first-order chi connectivity index (χ1) is 19.3. The van der Waals surface area contributed by atoms with E-state index in [9.17, 15) is 9.90 Å². The fourth-order valence-corrected chi connectivity index (χ4v) is 4.96. The lowest BCUT2D eigenvalue weighted by Crippen LogP contribution is -2.39. The fraction of sp³-hybridized carbons (Fsp3) is 0.323. The Morgan fingerprint density at radius 2 is 2.15 bits per heavy atom. The van der Waals surface area contributed by atoms with Gasteiger partial charge in [-0.3, -0.25) is 4.90 Å². The topological polar surface area (TPSA) is 117 Å². The van der Waals surface area contributed by atoms with Gasteiger partial charge >= 0.3 is 5.97 Å². The van der Waals surface area contributed by atoms with Crippen molar-refractivity contribution in [1.29, 1.82) is 5.41 Å². The molecule has 1 aromatic carbocycles. The van der Waals surface area contributed by atoms with E-state index in [0.29, 0.717) is 41.7 Å². The zero-order valence-electron chi connectivity index (χ0n) is 23.0. The molecule has 1 saturated heterocycles. The van der Waals surface area contributed by atoms with Crippen molar-refractivity contribution in [2.45, 2.75) is 39.0 Å². The SMILES string of the molecule is C=C/C(=C(/OCc1ccc2c(c1)CCN(C1CCOC1)C2)C(=C)C)c1cccc(N/C(OC)=C(\C=N)C(=O)O)n1. The summed E-state index contributed by atoms with van der Waals surface area (Å²) in [7, 11) is 1.32. The Balaban J connectivity index is 1.53. The quantitative estimate of drug-likeness (QED) is 0.149. The van der Waals surface area contributed by atoms with Crippen molar-refractivity contribution in [3.63, 3.8) is 0 Å². The van der Waals surface area contributed by atoms with E-state index < -0.39 is 5.97 Å². The van der Waals surface area contributed by atoms with Crippen LogP contribution in [0.5, 0.6) is 0 Å². The first kappa shape index (κ1) is 28.8. The molecule has 0 amide bonds. The average Bonchev–Trinajstić information content (AvgIpc) is 3.50. The lowest BCUT2D eigenvalue weighted by atomic mass is 9.96. The maximum Gasteiger partial charge on any atom is 0.342 e. The minimum absolute atomic E-state index is 0.0974. The van der Waals surface area contributed by atoms with E-state index in [-0.39, 0.29) is 11.5 Å². The number of carboxylic acids is 1. The molecule has 0 radical (unpaired) electrons. The van der Waals surface area contributed by atoms with Gasteiger partial charge in [-0.2, -0.15) is 0 Å². The lowest BCUT2D eigenvalue weighted by molar-refractivity contribution is -0.132. The summed E-state index contributed by atoms with van der Waals surface area (Å²) in [5.41, 5.74) is 5.39. The van der Waals surface area contributed by atoms with Crippen LogP contribution < -0.4 is 5.32 Å². The molecule has 4 rings (SSSR count). The zero-order chi connectivity index (χ0) is 28.6. The number of benzene rings is 1. The summed E-state index contributed by atoms with van der Waals surface area (Å²) in [6, 6.07) is 12.3. The number of hydrogen-bond donors (Lipinski definition) is 3. The third kappa shape index (κ3) is 6.67. The molecule has 2 aliphatic heterocycles. The lowest BCUT2D eigenvalue weighted by Gasteiger charge is -2.33. The van der Waals surface area contributed by atoms with Crippen molar-refractivity contribution in [3.05, 3.63) is 101 Å². The normalized spacial score (nSPS) is 18.1. The second-order valence-corrected chi connectivity index (χ2v) is 9.79. The third-order valence-electron chi connectivity index (χ3n) is 7.04. The van der Waals surface area contributed by atoms with Gasteiger partial charge < -0.3 is 30.0 Å². The highest BCUT2D eigenvalue weighted by Crippen LogP contribution is 2.28. The van der Waals surface area contributed by atoms with Crippen LogP contribution in [0.1, 0.15) is 35.7 Å². The Bertz CT molecular complexity index is 1360. The number of carboxylic acid groups (broad SMARTS) is 1. The van der Waals surface area contributed by atoms with Crippen molar-refractivity contribution < 1.29 is 24.1 Å². The van der Waals surface area contributed by atoms with Gasteiger partial charge in [-0.05, 0) is 54.2 Å². The third-order valence-corrected chi connectivity index (χ3v) is 7.04. The van der Waals surface area contributed by atoms with Gasteiger partial charge in [0, 0.05) is 37.5 Å². The number of aliphatic carboxylic acids is 1. The Hall–Kier alpha value is -4.21. The van der Waals surface area contributed by atoms with Crippen molar-refractivity contribution >= 4 is 23.6 Å². The molecule has 40 heavy (non-hydrogen) atoms. The number of rotatable bonds is 12. The van der Waals surface area contributed by atoms with Gasteiger partial charge in [-0.1, -0.05) is 43.5 Å². The van der Waals surface area contributed by atoms with Crippen LogP contribution in [0.4, 0.5) is 5.82 Å². The highest BCUT2D eigenvalue weighted by molar-refractivity contribution is 6.08. The number of aromatic nitrogens is 1. The molecule has 0 bridgehead atoms. The van der Waals surface area contributed by atoms with Crippen LogP contribution >= 0.6 is 0 Å². The van der Waals surface area contributed by atoms with Crippen molar-refractivity contribution in [3.8, 4) is 0 Å². The van der Waals surface area contributed by atoms with Gasteiger partial charge in [0.05, 0.1) is 19.4 Å². The number of hydrogen-bond acceptors (Lipinski definition) is 8. The Morgan fingerprint density at radius 1 is 1.32 bits per heavy atom. The molecule has 0 spiro atoms. The molecule has 2 aliphatic rings. The molecule has 1 fully saturated rings. The number of ether oxygens (including phenoxy) is 3. The number of anilines is 1. The average molecular weight is 545 g/mol. The monoisotopic (exact) mass is 544 g/mol. The molecule has 9 heteroatoms. The fourth-order valence-electron chi connectivity index (χ4n) is 4.96. The molecular formula is C31H36N4O5. The first-order valence-electron chi connectivity index (χ1n) is 13.2. The number of allylic oxidation sites excluding steroid dienone is 3. The maximum atomic E-state index is 11.4. The highest BCUT2D eigenvalue weighted by Gasteiger charge is 2.26. The second-order valence-electron chi connectivity index (χ2n) is 9.79. The molecular weight excluding hydrogens is 508 g/mol. The second kappa shape index (κ2) is 13.2. The highest BCUT2D eigenvalue weighted by atomic mass is 16.5. The standard InChI is InChI=1S/C31H36N4O5/c1-5-25(27-7-6-8-28(33-27)34-30(38-4)26(16-32)31(36)37)29(20(2)3)40-18-21-9-10-23-17-35(13-11-22(23)15-21)24-12-14-39-19-24/h5-10,15-16,24,32H,1-2,11-14,17-19H2,3-4H3,(H,33,34)(H,36,37)/b29-25-,30-26-,32-16?. The largest absolute Gasteiger partial charge is 0.488 e. The summed E-state index contributed by atoms with van der Waals surface area (Å²) in [6.07, 6.45) is 4.48. The first-order valence-corrected chi connectivity index (χ1v) is 13.2. The van der Waals surface area contributed by atoms with Crippen molar-refractivity contribution in [1.82, 2.24) is 9.88 Å². The number of carbonyl (C=O) groups is 1. The summed E-state index contributed by atoms with van der Waals surface area (Å²) in [5.74, 6) is -0.482. The van der Waals surface area contributed by atoms with Crippen LogP contribution in [0.3, 0.4) is 0 Å². The van der Waals surface area contributed by atoms with Crippen LogP contribution in [0.25, 0.3) is 5.57 Å². The minimum atomic E-state index is -1.29. The number of methoxy groups -OCH3 is 1. The van der Waals surface area contributed by atoms with E-state index in [4.69, 9.17) is 19.6 Å². The number of fused-ring (bicyclic) bond motifs is 1. The molecule has 3 N–H and O–H groups in total. The maximum absolute atomic E-state index is 11.4. The van der Waals surface area contributed by atoms with Crippen LogP contribution in [0.2, 0.25) is 0 Å². The van der Waals surface area contributed by atoms with Crippen LogP contribution in [-0.4, -0.2) is 60.1 Å². The van der Waals surface area contributed by atoms with Gasteiger partial charge in [-0.15, -0.1) is 0 Å². The van der Waals surface area contributed by atoms with E-state index in [1.54, 1.807) is 24.3 Å². The minimum Gasteiger partial charge on any atom is -0.488 e. The summed E-state index contributed by atoms with van der Waals surface area (Å²) in [4.78, 5) is 18.6.